The van der Waals surface area contributed by atoms with E-state index in [9.17, 15) is 4.79 Å². The van der Waals surface area contributed by atoms with E-state index in [-0.39, 0.29) is 5.91 Å². The number of hydrogen-bond acceptors (Lipinski definition) is 4. The monoisotopic (exact) mass is 291 g/mol. The molecule has 0 aliphatic carbocycles. The summed E-state index contributed by atoms with van der Waals surface area (Å²) in [6.07, 6.45) is 0. The smallest absolute Gasteiger partial charge is 0.258 e. The Balaban J connectivity index is 2.16. The number of rotatable bonds is 0. The van der Waals surface area contributed by atoms with Gasteiger partial charge < -0.3 is 10.7 Å². The first-order valence-corrected chi connectivity index (χ1v) is 6.86. The zero-order chi connectivity index (χ0) is 15.3. The van der Waals surface area contributed by atoms with E-state index in [0.717, 1.165) is 16.8 Å². The van der Waals surface area contributed by atoms with Gasteiger partial charge in [0.25, 0.3) is 5.91 Å². The van der Waals surface area contributed by atoms with Gasteiger partial charge in [0.2, 0.25) is 0 Å². The Hall–Kier alpha value is -3.15. The predicted molar refractivity (Wildman–Crippen MR) is 83.8 cm³/mol. The molecule has 0 saturated heterocycles. The quantitative estimate of drug-likeness (QED) is 0.642. The molecule has 3 aromatic rings. The lowest BCUT2D eigenvalue weighted by atomic mass is 9.96. The highest BCUT2D eigenvalue weighted by atomic mass is 16.2. The average molecular weight is 291 g/mol. The molecule has 4 rings (SSSR count). The summed E-state index contributed by atoms with van der Waals surface area (Å²) in [6.45, 7) is 0. The minimum absolute atomic E-state index is 0.0831. The van der Waals surface area contributed by atoms with Crippen LogP contribution >= 0.6 is 0 Å². The molecular weight excluding hydrogens is 278 g/mol. The zero-order valence-corrected chi connectivity index (χ0v) is 11.9. The molecule has 0 atom stereocenters. The maximum Gasteiger partial charge on any atom is 0.258 e. The first kappa shape index (κ1) is 12.6. The third-order valence-corrected chi connectivity index (χ3v) is 3.93. The fourth-order valence-electron chi connectivity index (χ4n) is 2.86. The van der Waals surface area contributed by atoms with Gasteiger partial charge in [0.15, 0.2) is 0 Å². The number of para-hydroxylation sites is 1. The summed E-state index contributed by atoms with van der Waals surface area (Å²) >= 11 is 0. The van der Waals surface area contributed by atoms with Gasteiger partial charge in [-0.1, -0.05) is 36.4 Å². The van der Waals surface area contributed by atoms with E-state index < -0.39 is 0 Å². The van der Waals surface area contributed by atoms with Crippen LogP contribution in [0.15, 0.2) is 48.5 Å². The second-order valence-electron chi connectivity index (χ2n) is 5.16. The van der Waals surface area contributed by atoms with Gasteiger partial charge >= 0.3 is 0 Å². The number of nitrogens with zero attached hydrogens (tertiary/aromatic N) is 4. The summed E-state index contributed by atoms with van der Waals surface area (Å²) in [4.78, 5) is 15.7. The molecule has 108 valence electrons. The highest BCUT2D eigenvalue weighted by Crippen LogP contribution is 2.39. The van der Waals surface area contributed by atoms with E-state index in [4.69, 9.17) is 5.84 Å². The van der Waals surface area contributed by atoms with Crippen molar-refractivity contribution in [2.45, 2.75) is 0 Å². The van der Waals surface area contributed by atoms with Crippen LogP contribution in [0.5, 0.6) is 0 Å². The van der Waals surface area contributed by atoms with Gasteiger partial charge in [-0.25, -0.2) is 0 Å². The molecule has 0 fully saturated rings. The van der Waals surface area contributed by atoms with Gasteiger partial charge in [-0.2, -0.15) is 4.79 Å². The van der Waals surface area contributed by atoms with Crippen LogP contribution < -0.4 is 10.7 Å². The Morgan fingerprint density at radius 3 is 2.36 bits per heavy atom. The lowest BCUT2D eigenvalue weighted by Crippen LogP contribution is -2.28. The normalized spacial score (nSPS) is 13.0. The maximum absolute atomic E-state index is 12.8. The molecular formula is C16H13N5O. The summed E-state index contributed by atoms with van der Waals surface area (Å²) in [5.41, 5.74) is 4.24. The Labute approximate surface area is 126 Å². The van der Waals surface area contributed by atoms with Gasteiger partial charge in [-0.3, -0.25) is 4.79 Å². The van der Waals surface area contributed by atoms with Crippen LogP contribution in [0.1, 0.15) is 10.4 Å². The minimum atomic E-state index is -0.0831. The first-order valence-electron chi connectivity index (χ1n) is 6.86. The second kappa shape index (κ2) is 4.42. The number of aromatic nitrogens is 3. The number of hydrogen-bond donors (Lipinski definition) is 1. The van der Waals surface area contributed by atoms with Crippen LogP contribution in [-0.2, 0) is 0 Å². The van der Waals surface area contributed by atoms with Crippen molar-refractivity contribution in [3.8, 4) is 22.5 Å². The van der Waals surface area contributed by atoms with Crippen LogP contribution in [0.3, 0.4) is 0 Å². The van der Waals surface area contributed by atoms with Gasteiger partial charge in [0.1, 0.15) is 11.4 Å². The number of nitrogen functional groups attached to an aromatic ring is 1. The van der Waals surface area contributed by atoms with E-state index >= 15 is 0 Å². The fraction of sp³-hybridized carbons (Fsp3) is 0.0625. The molecule has 0 saturated carbocycles. The number of carbonyl (C=O) groups excluding carboxylic acids is 1. The van der Waals surface area contributed by atoms with E-state index in [2.05, 4.69) is 10.3 Å². The second-order valence-corrected chi connectivity index (χ2v) is 5.16. The number of amides is 1. The number of fused-ring (bicyclic) bond motifs is 5. The molecule has 0 radical (unpaired) electrons. The summed E-state index contributed by atoms with van der Waals surface area (Å²) in [7, 11) is 1.76. The Morgan fingerprint density at radius 1 is 0.955 bits per heavy atom. The van der Waals surface area contributed by atoms with E-state index in [1.54, 1.807) is 18.0 Å². The average Bonchev–Trinajstić information content (AvgIpc) is 2.94. The van der Waals surface area contributed by atoms with E-state index in [1.165, 1.54) is 4.79 Å². The molecule has 2 N–H and O–H groups in total. The molecule has 6 nitrogen and oxygen atoms in total. The van der Waals surface area contributed by atoms with Crippen molar-refractivity contribution in [2.24, 2.45) is 0 Å². The summed E-state index contributed by atoms with van der Waals surface area (Å²) in [5.74, 6) is 5.89. The zero-order valence-electron chi connectivity index (χ0n) is 11.9. The van der Waals surface area contributed by atoms with Crippen LogP contribution in [0.4, 0.5) is 5.69 Å². The van der Waals surface area contributed by atoms with Crippen molar-refractivity contribution in [3.63, 3.8) is 0 Å². The molecule has 6 heteroatoms. The van der Waals surface area contributed by atoms with E-state index in [1.807, 2.05) is 42.5 Å². The Morgan fingerprint density at radius 2 is 1.59 bits per heavy atom. The third kappa shape index (κ3) is 1.57. The SMILES string of the molecule is CN1C(=O)c2ccccc2-c2nnn(N)c2-c2ccccc21. The van der Waals surface area contributed by atoms with Crippen LogP contribution in [0.25, 0.3) is 22.5 Å². The maximum atomic E-state index is 12.8. The van der Waals surface area contributed by atoms with Crippen LogP contribution in [-0.4, -0.2) is 28.1 Å². The molecule has 1 aromatic heterocycles. The van der Waals surface area contributed by atoms with Gasteiger partial charge in [0.05, 0.1) is 5.69 Å². The number of benzene rings is 2. The molecule has 2 heterocycles. The van der Waals surface area contributed by atoms with E-state index in [0.29, 0.717) is 17.0 Å². The largest absolute Gasteiger partial charge is 0.321 e. The van der Waals surface area contributed by atoms with Crippen molar-refractivity contribution in [1.82, 2.24) is 15.1 Å². The van der Waals surface area contributed by atoms with Crippen LogP contribution in [0, 0.1) is 0 Å². The standard InChI is InChI=1S/C16H13N5O/c1-20-13-9-5-4-8-12(13)15-14(18-19-21(15)17)10-6-2-3-7-11(10)16(20)22/h2-9H,17H2,1H3. The lowest BCUT2D eigenvalue weighted by Gasteiger charge is -2.24. The lowest BCUT2D eigenvalue weighted by molar-refractivity contribution is 0.0993. The summed E-state index contributed by atoms with van der Waals surface area (Å²) in [5, 5.41) is 8.12. The topological polar surface area (TPSA) is 77.0 Å². The van der Waals surface area contributed by atoms with Crippen molar-refractivity contribution in [1.29, 1.82) is 0 Å². The molecule has 0 bridgehead atoms. The number of anilines is 1. The summed E-state index contributed by atoms with van der Waals surface area (Å²) < 4.78 is 0. The Bertz CT molecular complexity index is 899. The van der Waals surface area contributed by atoms with Crippen molar-refractivity contribution >= 4 is 11.6 Å². The third-order valence-electron chi connectivity index (χ3n) is 3.93. The molecule has 1 amide bonds. The van der Waals surface area contributed by atoms with Gasteiger partial charge in [0, 0.05) is 23.7 Å². The fourth-order valence-corrected chi connectivity index (χ4v) is 2.86. The van der Waals surface area contributed by atoms with Crippen molar-refractivity contribution in [3.05, 3.63) is 54.1 Å². The highest BCUT2D eigenvalue weighted by Gasteiger charge is 2.28. The molecule has 22 heavy (non-hydrogen) atoms. The highest BCUT2D eigenvalue weighted by molar-refractivity contribution is 6.13. The molecule has 0 unspecified atom stereocenters. The molecule has 2 aromatic carbocycles. The van der Waals surface area contributed by atoms with Crippen molar-refractivity contribution in [2.75, 3.05) is 17.8 Å². The predicted octanol–water partition coefficient (Wildman–Crippen LogP) is 1.92. The minimum Gasteiger partial charge on any atom is -0.321 e. The summed E-state index contributed by atoms with van der Waals surface area (Å²) in [6, 6.07) is 15.0. The van der Waals surface area contributed by atoms with Gasteiger partial charge in [-0.05, 0) is 17.3 Å². The van der Waals surface area contributed by atoms with Crippen molar-refractivity contribution < 1.29 is 4.79 Å². The van der Waals surface area contributed by atoms with Crippen LogP contribution in [0.2, 0.25) is 0 Å². The van der Waals surface area contributed by atoms with Gasteiger partial charge in [-0.15, -0.1) is 5.10 Å². The Kier molecular flexibility index (Phi) is 2.53. The number of nitrogens with two attached hydrogens (primary N) is 1. The molecule has 1 aliphatic rings. The molecule has 0 spiro atoms. The first-order chi connectivity index (χ1) is 10.7. The molecule has 1 aliphatic heterocycles. The number of carbonyl (C=O) groups is 1.